The summed E-state index contributed by atoms with van der Waals surface area (Å²) in [4.78, 5) is 130. The number of nitrogens with two attached hydrogens (primary N) is 3. The van der Waals surface area contributed by atoms with Crippen LogP contribution in [0.25, 0.3) is 10.9 Å². The summed E-state index contributed by atoms with van der Waals surface area (Å²) in [7, 11) is 0. The van der Waals surface area contributed by atoms with E-state index in [-0.39, 0.29) is 43.9 Å². The van der Waals surface area contributed by atoms with E-state index in [9.17, 15) is 43.2 Å². The molecule has 0 aliphatic rings. The fourth-order valence-corrected chi connectivity index (χ4v) is 8.34. The lowest BCUT2D eigenvalue weighted by Crippen LogP contribution is -2.59. The molecule has 0 aliphatic heterocycles. The maximum Gasteiger partial charge on any atom is 0.243 e. The van der Waals surface area contributed by atoms with E-state index in [2.05, 4.69) is 57.5 Å². The van der Waals surface area contributed by atoms with Gasteiger partial charge >= 0.3 is 0 Å². The number of rotatable bonds is 32. The number of benzene rings is 2. The van der Waals surface area contributed by atoms with Crippen molar-refractivity contribution in [2.24, 2.45) is 35.0 Å². The van der Waals surface area contributed by atoms with Crippen LogP contribution in [0.2, 0.25) is 0 Å². The van der Waals surface area contributed by atoms with E-state index in [1.807, 2.05) is 58.0 Å². The first kappa shape index (κ1) is 61.5. The van der Waals surface area contributed by atoms with E-state index in [1.54, 1.807) is 56.6 Å². The number of aromatic amines is 2. The number of fused-ring (bicyclic) bond motifs is 1. The Morgan fingerprint density at radius 1 is 0.636 bits per heavy atom. The monoisotopic (exact) mass is 1070 g/mol. The number of primary amides is 2. The van der Waals surface area contributed by atoms with Gasteiger partial charge in [-0.1, -0.05) is 90.1 Å². The molecular weight excluding hydrogens is 989 g/mol. The first-order chi connectivity index (χ1) is 36.5. The van der Waals surface area contributed by atoms with Gasteiger partial charge in [-0.2, -0.15) is 0 Å². The standard InChI is InChI=1S/C54H78N14O9/c1-30(2)21-36(19-20-59-42(48(57)71)22-31(3)4)64-53(76)44(25-37-27-58-29-62-37)65-46(70)28-61-54(77)47(32(5)6)68-49(72)33(7)63-52(75)43(24-35-26-60-40-16-12-11-15-38(35)40)67-51(74)41(17-18-45(56)69)66-50(73)39(55)23-34-13-9-8-10-14-34/h8-16,19-20,26-27,29-33,36,39,41-44,47,59-60H,17-18,21-25,28,55H2,1-7H3,(H2,56,69)(H2,57,71)(H,58,62)(H,61,77)(H,63,75)(H,64,76)(H,65,70)(H,66,73)(H,67,74)(H,68,72)/b20-19+/t33-,36+,39+,41-,42-,43-,44-,47-/m0/s1. The van der Waals surface area contributed by atoms with Crippen LogP contribution >= 0.6 is 0 Å². The predicted molar refractivity (Wildman–Crippen MR) is 290 cm³/mol. The molecule has 0 unspecified atom stereocenters. The second-order valence-corrected chi connectivity index (χ2v) is 20.4. The van der Waals surface area contributed by atoms with Gasteiger partial charge in [0.25, 0.3) is 0 Å². The van der Waals surface area contributed by atoms with Crippen LogP contribution in [0.5, 0.6) is 0 Å². The van der Waals surface area contributed by atoms with Crippen molar-refractivity contribution in [3.05, 3.63) is 102 Å². The molecule has 9 amide bonds. The molecule has 4 rings (SSSR count). The highest BCUT2D eigenvalue weighted by Gasteiger charge is 2.33. The van der Waals surface area contributed by atoms with E-state index < -0.39 is 114 Å². The smallest absolute Gasteiger partial charge is 0.243 e. The zero-order valence-corrected chi connectivity index (χ0v) is 44.9. The fraction of sp³-hybridized carbons (Fsp3) is 0.481. The van der Waals surface area contributed by atoms with Crippen LogP contribution in [-0.4, -0.2) is 123 Å². The first-order valence-electron chi connectivity index (χ1n) is 25.9. The van der Waals surface area contributed by atoms with Gasteiger partial charge in [-0.3, -0.25) is 43.2 Å². The fourth-order valence-electron chi connectivity index (χ4n) is 8.34. The molecule has 2 aromatic carbocycles. The number of H-pyrrole nitrogens is 2. The van der Waals surface area contributed by atoms with Gasteiger partial charge in [0.05, 0.1) is 18.9 Å². The lowest BCUT2D eigenvalue weighted by atomic mass is 10.0. The van der Waals surface area contributed by atoms with Gasteiger partial charge in [0.1, 0.15) is 36.3 Å². The number of hydrogen-bond acceptors (Lipinski definition) is 12. The molecule has 23 nitrogen and oxygen atoms in total. The Morgan fingerprint density at radius 2 is 1.27 bits per heavy atom. The van der Waals surface area contributed by atoms with Crippen LogP contribution < -0.4 is 59.7 Å². The third kappa shape index (κ3) is 20.9. The number of imidazole rings is 1. The number of carbonyl (C=O) groups excluding carboxylic acids is 9. The Bertz CT molecular complexity index is 2640. The first-order valence-corrected chi connectivity index (χ1v) is 25.9. The minimum Gasteiger partial charge on any atom is -0.380 e. The van der Waals surface area contributed by atoms with Crippen molar-refractivity contribution in [3.8, 4) is 0 Å². The summed E-state index contributed by atoms with van der Waals surface area (Å²) in [6, 6.07) is 7.87. The zero-order chi connectivity index (χ0) is 56.8. The molecule has 4 aromatic rings. The van der Waals surface area contributed by atoms with E-state index in [0.717, 1.165) is 16.5 Å². The maximum absolute atomic E-state index is 14.2. The third-order valence-corrected chi connectivity index (χ3v) is 12.5. The Kier molecular flexibility index (Phi) is 24.3. The average molecular weight is 1070 g/mol. The van der Waals surface area contributed by atoms with Crippen LogP contribution in [0.3, 0.4) is 0 Å². The second-order valence-electron chi connectivity index (χ2n) is 20.4. The van der Waals surface area contributed by atoms with E-state index in [4.69, 9.17) is 17.2 Å². The predicted octanol–water partition coefficient (Wildman–Crippen LogP) is 0.262. The van der Waals surface area contributed by atoms with E-state index in [0.29, 0.717) is 24.1 Å². The van der Waals surface area contributed by atoms with Gasteiger partial charge in [0, 0.05) is 54.3 Å². The molecular formula is C54H78N14O9. The Balaban J connectivity index is 1.44. The van der Waals surface area contributed by atoms with Crippen LogP contribution in [0, 0.1) is 17.8 Å². The lowest BCUT2D eigenvalue weighted by molar-refractivity contribution is -0.135. The summed E-state index contributed by atoms with van der Waals surface area (Å²) in [5, 5.41) is 22.6. The van der Waals surface area contributed by atoms with E-state index >= 15 is 0 Å². The minimum absolute atomic E-state index is 0.0248. The molecule has 0 spiro atoms. The highest BCUT2D eigenvalue weighted by atomic mass is 16.2. The Morgan fingerprint density at radius 3 is 1.91 bits per heavy atom. The van der Waals surface area contributed by atoms with Gasteiger partial charge in [0.15, 0.2) is 0 Å². The van der Waals surface area contributed by atoms with Crippen molar-refractivity contribution in [1.82, 2.24) is 57.5 Å². The SMILES string of the molecule is CC(C)C[C@@H](/C=C/N[C@@H](CC(C)C)C(N)=O)NC(=O)[C@H](Cc1cnc[nH]1)NC(=O)CNC(=O)[C@@H](NC(=O)[C@H](C)NC(=O)[C@H](Cc1c[nH]c2ccccc12)NC(=O)[C@H](CCC(N)=O)NC(=O)[C@H](N)Cc1ccccc1)C(C)C. The normalized spacial score (nSPS) is 14.6. The number of hydrogen-bond donors (Lipinski definition) is 13. The molecule has 0 aliphatic carbocycles. The highest BCUT2D eigenvalue weighted by Crippen LogP contribution is 2.20. The molecule has 0 bridgehead atoms. The van der Waals surface area contributed by atoms with Crippen molar-refractivity contribution >= 4 is 64.1 Å². The maximum atomic E-state index is 14.2. The summed E-state index contributed by atoms with van der Waals surface area (Å²) in [5.74, 6) is -6.41. The molecule has 8 atom stereocenters. The molecule has 0 radical (unpaired) electrons. The summed E-state index contributed by atoms with van der Waals surface area (Å²) < 4.78 is 0. The molecule has 418 valence electrons. The summed E-state index contributed by atoms with van der Waals surface area (Å²) in [5.41, 5.74) is 20.0. The third-order valence-electron chi connectivity index (χ3n) is 12.5. The number of nitrogens with one attached hydrogen (secondary N) is 10. The molecule has 0 saturated heterocycles. The molecule has 2 aromatic heterocycles. The van der Waals surface area contributed by atoms with Crippen molar-refractivity contribution in [3.63, 3.8) is 0 Å². The second kappa shape index (κ2) is 30.5. The molecule has 23 heteroatoms. The van der Waals surface area contributed by atoms with Gasteiger partial charge < -0.3 is 69.7 Å². The van der Waals surface area contributed by atoms with Gasteiger partial charge in [-0.15, -0.1) is 0 Å². The number of carbonyl (C=O) groups is 9. The largest absolute Gasteiger partial charge is 0.380 e. The minimum atomic E-state index is -1.34. The number of amides is 9. The zero-order valence-electron chi connectivity index (χ0n) is 44.9. The van der Waals surface area contributed by atoms with Crippen molar-refractivity contribution in [2.45, 2.75) is 142 Å². The van der Waals surface area contributed by atoms with Crippen LogP contribution in [0.15, 0.2) is 85.6 Å². The van der Waals surface area contributed by atoms with Crippen molar-refractivity contribution in [2.75, 3.05) is 6.54 Å². The quantitative estimate of drug-likeness (QED) is 0.0313. The highest BCUT2D eigenvalue weighted by molar-refractivity contribution is 5.97. The molecule has 77 heavy (non-hydrogen) atoms. The average Bonchev–Trinajstić information content (AvgIpc) is 4.05. The van der Waals surface area contributed by atoms with E-state index in [1.165, 1.54) is 19.4 Å². The molecule has 0 fully saturated rings. The Labute approximate surface area is 449 Å². The lowest BCUT2D eigenvalue weighted by Gasteiger charge is -2.26. The number of nitrogens with zero attached hydrogens (tertiary/aromatic N) is 1. The molecule has 2 heterocycles. The number of para-hydroxylation sites is 1. The topological polar surface area (TPSA) is 372 Å². The molecule has 16 N–H and O–H groups in total. The van der Waals surface area contributed by atoms with Gasteiger partial charge in [-0.25, -0.2) is 4.98 Å². The van der Waals surface area contributed by atoms with Crippen molar-refractivity contribution in [1.29, 1.82) is 0 Å². The van der Waals surface area contributed by atoms with Crippen LogP contribution in [0.4, 0.5) is 0 Å². The Hall–Kier alpha value is -8.08. The van der Waals surface area contributed by atoms with Gasteiger partial charge in [-0.05, 0) is 79.8 Å². The summed E-state index contributed by atoms with van der Waals surface area (Å²) in [6.45, 7) is 12.1. The molecule has 0 saturated carbocycles. The van der Waals surface area contributed by atoms with Crippen LogP contribution in [0.1, 0.15) is 91.0 Å². The summed E-state index contributed by atoms with van der Waals surface area (Å²) in [6.07, 6.45) is 8.60. The van der Waals surface area contributed by atoms with Crippen molar-refractivity contribution < 1.29 is 43.2 Å². The summed E-state index contributed by atoms with van der Waals surface area (Å²) >= 11 is 0. The van der Waals surface area contributed by atoms with Gasteiger partial charge in [0.2, 0.25) is 53.2 Å². The number of aromatic nitrogens is 3. The van der Waals surface area contributed by atoms with Crippen LogP contribution in [-0.2, 0) is 62.4 Å².